The van der Waals surface area contributed by atoms with E-state index in [0.29, 0.717) is 18.9 Å². The second-order valence-electron chi connectivity index (χ2n) is 6.31. The maximum atomic E-state index is 12.2. The van der Waals surface area contributed by atoms with Crippen LogP contribution in [0.5, 0.6) is 0 Å². The van der Waals surface area contributed by atoms with Crippen LogP contribution in [0.3, 0.4) is 0 Å². The quantitative estimate of drug-likeness (QED) is 0.722. The fourth-order valence-corrected chi connectivity index (χ4v) is 3.25. The van der Waals surface area contributed by atoms with Gasteiger partial charge in [-0.2, -0.15) is 0 Å². The van der Waals surface area contributed by atoms with E-state index in [0.717, 1.165) is 6.42 Å². The van der Waals surface area contributed by atoms with Crippen LogP contribution in [0.2, 0.25) is 0 Å². The number of carbonyl (C=O) groups is 3. The molecule has 0 spiro atoms. The molecule has 7 heteroatoms. The highest BCUT2D eigenvalue weighted by Crippen LogP contribution is 2.45. The van der Waals surface area contributed by atoms with Gasteiger partial charge < -0.3 is 20.6 Å². The summed E-state index contributed by atoms with van der Waals surface area (Å²) in [6, 6.07) is 9.72. The van der Waals surface area contributed by atoms with Gasteiger partial charge in [0.25, 0.3) is 0 Å². The molecule has 7 nitrogen and oxygen atoms in total. The predicted molar refractivity (Wildman–Crippen MR) is 86.5 cm³/mol. The monoisotopic (exact) mass is 331 g/mol. The Morgan fingerprint density at radius 1 is 1.25 bits per heavy atom. The predicted octanol–water partition coefficient (Wildman–Crippen LogP) is 0.917. The minimum absolute atomic E-state index is 0.0641. The van der Waals surface area contributed by atoms with Crippen LogP contribution >= 0.6 is 0 Å². The molecule has 3 atom stereocenters. The molecule has 1 aromatic carbocycles. The lowest BCUT2D eigenvalue weighted by Gasteiger charge is -2.17. The van der Waals surface area contributed by atoms with E-state index in [-0.39, 0.29) is 31.0 Å². The number of amides is 3. The Bertz CT molecular complexity index is 634. The van der Waals surface area contributed by atoms with Crippen LogP contribution in [0.25, 0.3) is 0 Å². The molecule has 24 heavy (non-hydrogen) atoms. The minimum atomic E-state index is -0.960. The molecule has 1 heterocycles. The Morgan fingerprint density at radius 2 is 2.00 bits per heavy atom. The minimum Gasteiger partial charge on any atom is -0.481 e. The molecule has 1 aliphatic carbocycles. The summed E-state index contributed by atoms with van der Waals surface area (Å²) in [7, 11) is 0. The standard InChI is InChI=1S/C17H21N3O4/c21-15-8-12(19-17(24)18-7-6-16(22)23)10-20(15)14-9-13(14)11-4-2-1-3-5-11/h1-5,12-14H,6-10H2,(H,22,23)(H2,18,19,24). The molecule has 2 fully saturated rings. The number of nitrogens with one attached hydrogen (secondary N) is 2. The molecule has 0 aromatic heterocycles. The highest BCUT2D eigenvalue weighted by molar-refractivity contribution is 5.82. The van der Waals surface area contributed by atoms with Gasteiger partial charge in [0.15, 0.2) is 0 Å². The van der Waals surface area contributed by atoms with Gasteiger partial charge in [-0.1, -0.05) is 30.3 Å². The first-order chi connectivity index (χ1) is 11.5. The van der Waals surface area contributed by atoms with E-state index in [1.807, 2.05) is 23.1 Å². The van der Waals surface area contributed by atoms with E-state index in [1.54, 1.807) is 0 Å². The Labute approximate surface area is 140 Å². The van der Waals surface area contributed by atoms with Crippen molar-refractivity contribution in [2.45, 2.75) is 37.3 Å². The third-order valence-corrected chi connectivity index (χ3v) is 4.50. The van der Waals surface area contributed by atoms with Gasteiger partial charge in [0.05, 0.1) is 12.5 Å². The van der Waals surface area contributed by atoms with Gasteiger partial charge in [0, 0.05) is 31.5 Å². The number of benzene rings is 1. The van der Waals surface area contributed by atoms with Gasteiger partial charge in [0.1, 0.15) is 0 Å². The number of carbonyl (C=O) groups excluding carboxylic acids is 2. The van der Waals surface area contributed by atoms with E-state index in [9.17, 15) is 14.4 Å². The molecule has 0 radical (unpaired) electrons. The van der Waals surface area contributed by atoms with Crippen molar-refractivity contribution in [3.05, 3.63) is 35.9 Å². The van der Waals surface area contributed by atoms with Gasteiger partial charge in [-0.25, -0.2) is 4.79 Å². The maximum absolute atomic E-state index is 12.2. The fraction of sp³-hybridized carbons (Fsp3) is 0.471. The second kappa shape index (κ2) is 6.90. The summed E-state index contributed by atoms with van der Waals surface area (Å²) in [5.41, 5.74) is 1.25. The second-order valence-corrected chi connectivity index (χ2v) is 6.31. The van der Waals surface area contributed by atoms with Crippen molar-refractivity contribution in [1.29, 1.82) is 0 Å². The first kappa shape index (κ1) is 16.3. The van der Waals surface area contributed by atoms with Crippen LogP contribution in [0, 0.1) is 0 Å². The number of carboxylic acid groups (broad SMARTS) is 1. The van der Waals surface area contributed by atoms with Crippen molar-refractivity contribution in [3.8, 4) is 0 Å². The summed E-state index contributed by atoms with van der Waals surface area (Å²) >= 11 is 0. The summed E-state index contributed by atoms with van der Waals surface area (Å²) in [5, 5.41) is 13.8. The first-order valence-corrected chi connectivity index (χ1v) is 8.15. The number of likely N-dealkylation sites (tertiary alicyclic amines) is 1. The van der Waals surface area contributed by atoms with E-state index in [4.69, 9.17) is 5.11 Å². The summed E-state index contributed by atoms with van der Waals surface area (Å²) in [6.07, 6.45) is 1.14. The topological polar surface area (TPSA) is 98.7 Å². The zero-order valence-electron chi connectivity index (χ0n) is 13.3. The van der Waals surface area contributed by atoms with Crippen molar-refractivity contribution >= 4 is 17.9 Å². The molecule has 1 aromatic rings. The number of hydrogen-bond acceptors (Lipinski definition) is 3. The lowest BCUT2D eigenvalue weighted by molar-refractivity contribution is -0.136. The number of urea groups is 1. The van der Waals surface area contributed by atoms with Gasteiger partial charge in [0.2, 0.25) is 5.91 Å². The van der Waals surface area contributed by atoms with Crippen molar-refractivity contribution in [2.24, 2.45) is 0 Å². The molecular formula is C17H21N3O4. The Kier molecular flexibility index (Phi) is 4.69. The number of hydrogen-bond donors (Lipinski definition) is 3. The average Bonchev–Trinajstić information content (AvgIpc) is 3.25. The summed E-state index contributed by atoms with van der Waals surface area (Å²) < 4.78 is 0. The van der Waals surface area contributed by atoms with Crippen LogP contribution in [-0.2, 0) is 9.59 Å². The normalized spacial score (nSPS) is 25.4. The van der Waals surface area contributed by atoms with Crippen molar-refractivity contribution in [3.63, 3.8) is 0 Å². The maximum Gasteiger partial charge on any atom is 0.315 e. The van der Waals surface area contributed by atoms with Crippen LogP contribution in [0.1, 0.15) is 30.7 Å². The molecule has 1 saturated heterocycles. The molecular weight excluding hydrogens is 310 g/mol. The van der Waals surface area contributed by atoms with Gasteiger partial charge in [-0.15, -0.1) is 0 Å². The van der Waals surface area contributed by atoms with Gasteiger partial charge in [-0.05, 0) is 12.0 Å². The molecule has 3 amide bonds. The van der Waals surface area contributed by atoms with Crippen molar-refractivity contribution < 1.29 is 19.5 Å². The first-order valence-electron chi connectivity index (χ1n) is 8.15. The molecule has 0 bridgehead atoms. The van der Waals surface area contributed by atoms with Crippen LogP contribution in [0.4, 0.5) is 4.79 Å². The zero-order valence-corrected chi connectivity index (χ0v) is 13.3. The number of nitrogens with zero attached hydrogens (tertiary/aromatic N) is 1. The Balaban J connectivity index is 1.46. The van der Waals surface area contributed by atoms with Crippen LogP contribution < -0.4 is 10.6 Å². The molecule has 3 unspecified atom stereocenters. The molecule has 2 aliphatic rings. The number of aliphatic carboxylic acids is 1. The van der Waals surface area contributed by atoms with Gasteiger partial charge >= 0.3 is 12.0 Å². The van der Waals surface area contributed by atoms with Crippen molar-refractivity contribution in [2.75, 3.05) is 13.1 Å². The third kappa shape index (κ3) is 3.84. The third-order valence-electron chi connectivity index (χ3n) is 4.50. The van der Waals surface area contributed by atoms with Crippen molar-refractivity contribution in [1.82, 2.24) is 15.5 Å². The van der Waals surface area contributed by atoms with E-state index in [2.05, 4.69) is 22.8 Å². The largest absolute Gasteiger partial charge is 0.481 e. The van der Waals surface area contributed by atoms with Crippen LogP contribution in [-0.4, -0.2) is 53.1 Å². The van der Waals surface area contributed by atoms with E-state index < -0.39 is 12.0 Å². The highest BCUT2D eigenvalue weighted by Gasteiger charge is 2.47. The molecule has 3 N–H and O–H groups in total. The Hall–Kier alpha value is -2.57. The smallest absolute Gasteiger partial charge is 0.315 e. The average molecular weight is 331 g/mol. The lowest BCUT2D eigenvalue weighted by Crippen LogP contribution is -2.44. The molecule has 128 valence electrons. The number of rotatable bonds is 6. The summed E-state index contributed by atoms with van der Waals surface area (Å²) in [6.45, 7) is 0.587. The van der Waals surface area contributed by atoms with Crippen LogP contribution in [0.15, 0.2) is 30.3 Å². The van der Waals surface area contributed by atoms with E-state index in [1.165, 1.54) is 5.56 Å². The summed E-state index contributed by atoms with van der Waals surface area (Å²) in [4.78, 5) is 36.2. The van der Waals surface area contributed by atoms with Gasteiger partial charge in [-0.3, -0.25) is 9.59 Å². The molecule has 3 rings (SSSR count). The SMILES string of the molecule is O=C(O)CCNC(=O)NC1CC(=O)N(C2CC2c2ccccc2)C1. The Morgan fingerprint density at radius 3 is 2.71 bits per heavy atom. The fourth-order valence-electron chi connectivity index (χ4n) is 3.25. The zero-order chi connectivity index (χ0) is 17.1. The lowest BCUT2D eigenvalue weighted by atomic mass is 10.1. The summed E-state index contributed by atoms with van der Waals surface area (Å²) in [5.74, 6) is -0.509. The van der Waals surface area contributed by atoms with E-state index >= 15 is 0 Å². The number of carboxylic acids is 1. The highest BCUT2D eigenvalue weighted by atomic mass is 16.4. The molecule has 1 saturated carbocycles. The molecule has 1 aliphatic heterocycles.